The maximum absolute atomic E-state index is 11.7. The predicted molar refractivity (Wildman–Crippen MR) is 54.9 cm³/mol. The van der Waals surface area contributed by atoms with Crippen LogP contribution in [-0.4, -0.2) is 30.5 Å². The lowest BCUT2D eigenvalue weighted by Crippen LogP contribution is -2.33. The van der Waals surface area contributed by atoms with Crippen molar-refractivity contribution in [2.24, 2.45) is 4.99 Å². The van der Waals surface area contributed by atoms with E-state index in [2.05, 4.69) is 4.99 Å². The van der Waals surface area contributed by atoms with Crippen molar-refractivity contribution >= 4 is 17.7 Å². The molecule has 4 heteroatoms. The third-order valence-electron chi connectivity index (χ3n) is 2.56. The summed E-state index contributed by atoms with van der Waals surface area (Å²) in [6, 6.07) is 5.13. The third-order valence-corrected chi connectivity index (χ3v) is 2.56. The molecule has 1 aromatic carbocycles. The van der Waals surface area contributed by atoms with E-state index in [-0.39, 0.29) is 5.91 Å². The Balaban J connectivity index is 2.46. The lowest BCUT2D eigenvalue weighted by molar-refractivity contribution is 0.0781. The van der Waals surface area contributed by atoms with Crippen molar-refractivity contribution < 1.29 is 9.59 Å². The van der Waals surface area contributed by atoms with E-state index in [0.29, 0.717) is 17.8 Å². The zero-order valence-electron chi connectivity index (χ0n) is 8.36. The van der Waals surface area contributed by atoms with Gasteiger partial charge < -0.3 is 4.90 Å². The summed E-state index contributed by atoms with van der Waals surface area (Å²) in [5, 5.41) is 0. The number of rotatable bonds is 1. The molecule has 4 nitrogen and oxygen atoms in total. The number of carbonyl (C=O) groups is 1. The summed E-state index contributed by atoms with van der Waals surface area (Å²) in [6.45, 7) is 0.708. The second kappa shape index (κ2) is 3.67. The molecule has 0 saturated heterocycles. The van der Waals surface area contributed by atoms with Gasteiger partial charge in [-0.15, -0.1) is 0 Å². The number of nitrogens with zero attached hydrogens (tertiary/aromatic N) is 2. The quantitative estimate of drug-likeness (QED) is 0.508. The zero-order chi connectivity index (χ0) is 10.8. The van der Waals surface area contributed by atoms with E-state index >= 15 is 0 Å². The fraction of sp³-hybridized carbons (Fsp3) is 0.273. The highest BCUT2D eigenvalue weighted by atomic mass is 16.2. The molecule has 0 bridgehead atoms. The van der Waals surface area contributed by atoms with Crippen LogP contribution in [0.15, 0.2) is 23.2 Å². The van der Waals surface area contributed by atoms with Gasteiger partial charge in [-0.05, 0) is 30.2 Å². The van der Waals surface area contributed by atoms with Crippen LogP contribution in [0.1, 0.15) is 15.9 Å². The average molecular weight is 202 g/mol. The summed E-state index contributed by atoms with van der Waals surface area (Å²) in [5.41, 5.74) is 2.21. The van der Waals surface area contributed by atoms with E-state index in [0.717, 1.165) is 12.0 Å². The van der Waals surface area contributed by atoms with E-state index in [1.807, 2.05) is 0 Å². The highest BCUT2D eigenvalue weighted by Crippen LogP contribution is 2.23. The Hall–Kier alpha value is -1.93. The Labute approximate surface area is 87.2 Å². The van der Waals surface area contributed by atoms with E-state index < -0.39 is 0 Å². The molecule has 2 rings (SSSR count). The maximum Gasteiger partial charge on any atom is 0.253 e. The van der Waals surface area contributed by atoms with Gasteiger partial charge in [-0.25, -0.2) is 4.79 Å². The minimum Gasteiger partial charge on any atom is -0.341 e. The summed E-state index contributed by atoms with van der Waals surface area (Å²) >= 11 is 0. The molecule has 1 amide bonds. The van der Waals surface area contributed by atoms with Crippen molar-refractivity contribution in [3.63, 3.8) is 0 Å². The van der Waals surface area contributed by atoms with Crippen molar-refractivity contribution in [3.8, 4) is 0 Å². The van der Waals surface area contributed by atoms with E-state index in [4.69, 9.17) is 0 Å². The molecule has 0 unspecified atom stereocenters. The van der Waals surface area contributed by atoms with Gasteiger partial charge in [0.15, 0.2) is 0 Å². The van der Waals surface area contributed by atoms with Crippen LogP contribution in [0.3, 0.4) is 0 Å². The van der Waals surface area contributed by atoms with Crippen molar-refractivity contribution in [3.05, 3.63) is 29.3 Å². The molecule has 15 heavy (non-hydrogen) atoms. The molecule has 0 fully saturated rings. The number of isocyanates is 1. The molecule has 1 aliphatic rings. The van der Waals surface area contributed by atoms with Crippen LogP contribution < -0.4 is 0 Å². The lowest BCUT2D eigenvalue weighted by atomic mass is 9.99. The average Bonchev–Trinajstić information content (AvgIpc) is 2.24. The molecule has 1 aromatic rings. The summed E-state index contributed by atoms with van der Waals surface area (Å²) in [7, 11) is 1.78. The molecule has 0 atom stereocenters. The number of benzene rings is 1. The summed E-state index contributed by atoms with van der Waals surface area (Å²) in [6.07, 6.45) is 2.30. The van der Waals surface area contributed by atoms with Gasteiger partial charge in [-0.3, -0.25) is 4.79 Å². The van der Waals surface area contributed by atoms with Crippen LogP contribution in [0.4, 0.5) is 5.69 Å². The fourth-order valence-corrected chi connectivity index (χ4v) is 1.71. The van der Waals surface area contributed by atoms with Crippen molar-refractivity contribution in [1.29, 1.82) is 0 Å². The molecule has 0 radical (unpaired) electrons. The van der Waals surface area contributed by atoms with Crippen molar-refractivity contribution in [1.82, 2.24) is 4.90 Å². The summed E-state index contributed by atoms with van der Waals surface area (Å²) in [4.78, 5) is 27.0. The molecule has 0 aliphatic carbocycles. The Bertz CT molecular complexity index is 462. The highest BCUT2D eigenvalue weighted by molar-refractivity contribution is 5.97. The van der Waals surface area contributed by atoms with E-state index in [1.54, 1.807) is 30.1 Å². The molecule has 0 spiro atoms. The molecule has 0 N–H and O–H groups in total. The Morgan fingerprint density at radius 1 is 1.47 bits per heavy atom. The minimum atomic E-state index is 0.0258. The number of amides is 1. The van der Waals surface area contributed by atoms with Gasteiger partial charge in [0.2, 0.25) is 6.08 Å². The van der Waals surface area contributed by atoms with Gasteiger partial charge in [-0.2, -0.15) is 4.99 Å². The van der Waals surface area contributed by atoms with Gasteiger partial charge in [0.25, 0.3) is 5.91 Å². The molecule has 76 valence electrons. The van der Waals surface area contributed by atoms with Crippen LogP contribution in [0.25, 0.3) is 0 Å². The second-order valence-electron chi connectivity index (χ2n) is 3.52. The maximum atomic E-state index is 11.7. The largest absolute Gasteiger partial charge is 0.341 e. The molecule has 0 saturated carbocycles. The van der Waals surface area contributed by atoms with Crippen LogP contribution in [-0.2, 0) is 11.2 Å². The number of likely N-dealkylation sites (N-methyl/N-ethyl adjacent to an activating group) is 1. The monoisotopic (exact) mass is 202 g/mol. The highest BCUT2D eigenvalue weighted by Gasteiger charge is 2.21. The van der Waals surface area contributed by atoms with Crippen molar-refractivity contribution in [2.75, 3.05) is 13.6 Å². The first-order valence-electron chi connectivity index (χ1n) is 4.68. The Kier molecular flexibility index (Phi) is 2.35. The summed E-state index contributed by atoms with van der Waals surface area (Å²) < 4.78 is 0. The molecule has 1 heterocycles. The minimum absolute atomic E-state index is 0.0258. The number of fused-ring (bicyclic) bond motifs is 1. The topological polar surface area (TPSA) is 49.7 Å². The SMILES string of the molecule is CN1CCc2cc(N=C=O)ccc2C1=O. The van der Waals surface area contributed by atoms with Crippen LogP contribution in [0.5, 0.6) is 0 Å². The Morgan fingerprint density at radius 3 is 3.00 bits per heavy atom. The second-order valence-corrected chi connectivity index (χ2v) is 3.52. The van der Waals surface area contributed by atoms with Gasteiger partial charge in [-0.1, -0.05) is 0 Å². The Morgan fingerprint density at radius 2 is 2.27 bits per heavy atom. The first-order valence-corrected chi connectivity index (χ1v) is 4.68. The van der Waals surface area contributed by atoms with Gasteiger partial charge >= 0.3 is 0 Å². The standard InChI is InChI=1S/C11H10N2O2/c1-13-5-4-8-6-9(12-7-14)2-3-10(8)11(13)15/h2-3,6H,4-5H2,1H3. The lowest BCUT2D eigenvalue weighted by Gasteiger charge is -2.24. The first kappa shape index (κ1) is 9.62. The first-order chi connectivity index (χ1) is 7.22. The molecule has 0 aromatic heterocycles. The van der Waals surface area contributed by atoms with Gasteiger partial charge in [0.1, 0.15) is 0 Å². The zero-order valence-corrected chi connectivity index (χ0v) is 8.36. The number of aliphatic imine (C=N–C) groups is 1. The van der Waals surface area contributed by atoms with E-state index in [9.17, 15) is 9.59 Å². The van der Waals surface area contributed by atoms with Gasteiger partial charge in [0.05, 0.1) is 5.69 Å². The number of hydrogen-bond donors (Lipinski definition) is 0. The summed E-state index contributed by atoms with van der Waals surface area (Å²) in [5.74, 6) is 0.0258. The van der Waals surface area contributed by atoms with Crippen LogP contribution in [0.2, 0.25) is 0 Å². The van der Waals surface area contributed by atoms with Crippen LogP contribution in [0, 0.1) is 0 Å². The smallest absolute Gasteiger partial charge is 0.253 e. The van der Waals surface area contributed by atoms with E-state index in [1.165, 1.54) is 6.08 Å². The number of hydrogen-bond acceptors (Lipinski definition) is 3. The normalized spacial score (nSPS) is 14.5. The van der Waals surface area contributed by atoms with Gasteiger partial charge in [0, 0.05) is 19.2 Å². The van der Waals surface area contributed by atoms with Crippen LogP contribution >= 0.6 is 0 Å². The molecular formula is C11H10N2O2. The van der Waals surface area contributed by atoms with Crippen molar-refractivity contribution in [2.45, 2.75) is 6.42 Å². The third kappa shape index (κ3) is 1.67. The fourth-order valence-electron chi connectivity index (χ4n) is 1.71. The number of carbonyl (C=O) groups excluding carboxylic acids is 2. The molecular weight excluding hydrogens is 192 g/mol. The molecule has 1 aliphatic heterocycles. The predicted octanol–water partition coefficient (Wildman–Crippen LogP) is 1.28.